The molecule has 0 unspecified atom stereocenters. The fraction of sp³-hybridized carbons (Fsp3) is 0.538. The molecule has 3 heteroatoms. The minimum absolute atomic E-state index is 0. The first-order chi connectivity index (χ1) is 7.18. The molecule has 1 heterocycles. The van der Waals surface area contributed by atoms with E-state index in [1.54, 1.807) is 12.1 Å². The number of hydrogen-bond donors (Lipinski definition) is 1. The first-order valence-corrected chi connectivity index (χ1v) is 5.65. The van der Waals surface area contributed by atoms with E-state index >= 15 is 0 Å². The molecule has 0 aromatic heterocycles. The maximum Gasteiger partial charge on any atom is 0.123 e. The lowest BCUT2D eigenvalue weighted by molar-refractivity contribution is 0.348. The van der Waals surface area contributed by atoms with E-state index in [2.05, 4.69) is 12.2 Å². The zero-order valence-corrected chi connectivity index (χ0v) is 10.6. The summed E-state index contributed by atoms with van der Waals surface area (Å²) in [5.74, 6) is 1.10. The number of halogens is 2. The summed E-state index contributed by atoms with van der Waals surface area (Å²) in [5, 5.41) is 3.39. The van der Waals surface area contributed by atoms with Crippen molar-refractivity contribution in [3.63, 3.8) is 0 Å². The number of benzene rings is 1. The van der Waals surface area contributed by atoms with Gasteiger partial charge in [0.2, 0.25) is 0 Å². The molecular formula is C13H19ClFN. The van der Waals surface area contributed by atoms with Gasteiger partial charge in [-0.3, -0.25) is 0 Å². The second-order valence-electron chi connectivity index (χ2n) is 4.58. The summed E-state index contributed by atoms with van der Waals surface area (Å²) in [6.45, 7) is 6.42. The molecule has 1 aliphatic rings. The van der Waals surface area contributed by atoms with Crippen molar-refractivity contribution in [2.75, 3.05) is 13.1 Å². The highest BCUT2D eigenvalue weighted by Gasteiger charge is 2.23. The molecule has 16 heavy (non-hydrogen) atoms. The van der Waals surface area contributed by atoms with Crippen molar-refractivity contribution in [3.05, 3.63) is 35.1 Å². The fourth-order valence-electron chi connectivity index (χ4n) is 2.53. The molecule has 1 saturated heterocycles. The lowest BCUT2D eigenvalue weighted by atomic mass is 9.80. The summed E-state index contributed by atoms with van der Waals surface area (Å²) in [7, 11) is 0. The quantitative estimate of drug-likeness (QED) is 0.798. The maximum atomic E-state index is 13.0. The number of rotatable bonds is 1. The van der Waals surface area contributed by atoms with Gasteiger partial charge in [-0.25, -0.2) is 4.39 Å². The fourth-order valence-corrected chi connectivity index (χ4v) is 2.53. The second-order valence-corrected chi connectivity index (χ2v) is 4.58. The van der Waals surface area contributed by atoms with Gasteiger partial charge in [-0.15, -0.1) is 12.4 Å². The Balaban J connectivity index is 0.00000128. The van der Waals surface area contributed by atoms with E-state index in [4.69, 9.17) is 0 Å². The van der Waals surface area contributed by atoms with Gasteiger partial charge in [0.1, 0.15) is 5.82 Å². The van der Waals surface area contributed by atoms with Crippen molar-refractivity contribution in [1.29, 1.82) is 0 Å². The average molecular weight is 244 g/mol. The predicted molar refractivity (Wildman–Crippen MR) is 67.8 cm³/mol. The molecule has 2 rings (SSSR count). The Labute approximate surface area is 103 Å². The van der Waals surface area contributed by atoms with Gasteiger partial charge in [0.25, 0.3) is 0 Å². The van der Waals surface area contributed by atoms with E-state index in [1.165, 1.54) is 5.56 Å². The van der Waals surface area contributed by atoms with Crippen molar-refractivity contribution in [3.8, 4) is 0 Å². The van der Waals surface area contributed by atoms with Crippen LogP contribution in [0.2, 0.25) is 0 Å². The number of hydrogen-bond acceptors (Lipinski definition) is 1. The van der Waals surface area contributed by atoms with Crippen LogP contribution in [0.25, 0.3) is 0 Å². The van der Waals surface area contributed by atoms with Crippen LogP contribution in [0.5, 0.6) is 0 Å². The Kier molecular flexibility index (Phi) is 4.75. The molecule has 0 bridgehead atoms. The van der Waals surface area contributed by atoms with Crippen LogP contribution in [0.15, 0.2) is 18.2 Å². The van der Waals surface area contributed by atoms with Gasteiger partial charge in [0.15, 0.2) is 0 Å². The normalized spacial score (nSPS) is 24.9. The van der Waals surface area contributed by atoms with E-state index in [0.717, 1.165) is 25.1 Å². The highest BCUT2D eigenvalue weighted by Crippen LogP contribution is 2.32. The summed E-state index contributed by atoms with van der Waals surface area (Å²) in [4.78, 5) is 0. The van der Waals surface area contributed by atoms with E-state index in [0.29, 0.717) is 11.8 Å². The molecule has 0 radical (unpaired) electrons. The molecule has 1 aromatic rings. The Morgan fingerprint density at radius 1 is 1.38 bits per heavy atom. The molecule has 1 N–H and O–H groups in total. The minimum atomic E-state index is -0.127. The number of aryl methyl sites for hydroxylation is 1. The molecule has 90 valence electrons. The molecule has 0 spiro atoms. The highest BCUT2D eigenvalue weighted by molar-refractivity contribution is 5.85. The first-order valence-electron chi connectivity index (χ1n) is 5.65. The minimum Gasteiger partial charge on any atom is -0.316 e. The van der Waals surface area contributed by atoms with Gasteiger partial charge >= 0.3 is 0 Å². The Hall–Kier alpha value is -0.600. The molecule has 1 fully saturated rings. The lowest BCUT2D eigenvalue weighted by Crippen LogP contribution is -2.34. The van der Waals surface area contributed by atoms with E-state index < -0.39 is 0 Å². The van der Waals surface area contributed by atoms with Crippen molar-refractivity contribution >= 4 is 12.4 Å². The Morgan fingerprint density at radius 2 is 2.12 bits per heavy atom. The summed E-state index contributed by atoms with van der Waals surface area (Å²) < 4.78 is 13.0. The zero-order valence-electron chi connectivity index (χ0n) is 9.79. The van der Waals surface area contributed by atoms with E-state index in [-0.39, 0.29) is 18.2 Å². The molecule has 0 amide bonds. The van der Waals surface area contributed by atoms with Crippen LogP contribution in [0, 0.1) is 18.7 Å². The summed E-state index contributed by atoms with van der Waals surface area (Å²) >= 11 is 0. The van der Waals surface area contributed by atoms with Crippen LogP contribution in [0.3, 0.4) is 0 Å². The average Bonchev–Trinajstić information content (AvgIpc) is 2.20. The Bertz CT molecular complexity index is 354. The molecule has 1 aromatic carbocycles. The molecule has 0 saturated carbocycles. The van der Waals surface area contributed by atoms with Crippen LogP contribution in [0.1, 0.15) is 30.4 Å². The van der Waals surface area contributed by atoms with Crippen molar-refractivity contribution in [2.24, 2.45) is 5.92 Å². The molecule has 2 atom stereocenters. The summed E-state index contributed by atoms with van der Waals surface area (Å²) in [5.41, 5.74) is 2.42. The number of piperidine rings is 1. The van der Waals surface area contributed by atoms with Crippen molar-refractivity contribution in [1.82, 2.24) is 5.32 Å². The van der Waals surface area contributed by atoms with Gasteiger partial charge in [0, 0.05) is 0 Å². The summed E-state index contributed by atoms with van der Waals surface area (Å²) in [6.07, 6.45) is 1.16. The first kappa shape index (κ1) is 13.5. The predicted octanol–water partition coefficient (Wildman–Crippen LogP) is 3.27. The third-order valence-electron chi connectivity index (χ3n) is 3.42. The van der Waals surface area contributed by atoms with Crippen molar-refractivity contribution in [2.45, 2.75) is 26.2 Å². The number of nitrogens with one attached hydrogen (secondary N) is 1. The topological polar surface area (TPSA) is 12.0 Å². The second kappa shape index (κ2) is 5.65. The zero-order chi connectivity index (χ0) is 10.8. The lowest BCUT2D eigenvalue weighted by Gasteiger charge is -2.30. The van der Waals surface area contributed by atoms with Crippen LogP contribution < -0.4 is 5.32 Å². The monoisotopic (exact) mass is 243 g/mol. The third-order valence-corrected chi connectivity index (χ3v) is 3.42. The largest absolute Gasteiger partial charge is 0.316 e. The van der Waals surface area contributed by atoms with Gasteiger partial charge in [0.05, 0.1) is 0 Å². The standard InChI is InChI=1S/C13H18FN.ClH/c1-9-7-11(14)3-4-12(9)13-5-6-15-8-10(13)2;/h3-4,7,10,13,15H,5-6,8H2,1-2H3;1H/t10-,13+;/m1./s1. The molecular weight excluding hydrogens is 225 g/mol. The van der Waals surface area contributed by atoms with Gasteiger partial charge < -0.3 is 5.32 Å². The smallest absolute Gasteiger partial charge is 0.123 e. The van der Waals surface area contributed by atoms with E-state index in [1.807, 2.05) is 13.0 Å². The summed E-state index contributed by atoms with van der Waals surface area (Å²) in [6, 6.07) is 5.18. The highest BCUT2D eigenvalue weighted by atomic mass is 35.5. The van der Waals surface area contributed by atoms with Gasteiger partial charge in [-0.1, -0.05) is 13.0 Å². The molecule has 1 aliphatic heterocycles. The van der Waals surface area contributed by atoms with Gasteiger partial charge in [-0.2, -0.15) is 0 Å². The van der Waals surface area contributed by atoms with Crippen LogP contribution in [-0.2, 0) is 0 Å². The van der Waals surface area contributed by atoms with Crippen molar-refractivity contribution < 1.29 is 4.39 Å². The SMILES string of the molecule is Cc1cc(F)ccc1[C@H]1CCNC[C@H]1C.Cl. The Morgan fingerprint density at radius 3 is 2.75 bits per heavy atom. The van der Waals surface area contributed by atoms with Crippen LogP contribution in [0.4, 0.5) is 4.39 Å². The van der Waals surface area contributed by atoms with Crippen LogP contribution >= 0.6 is 12.4 Å². The third kappa shape index (κ3) is 2.74. The maximum absolute atomic E-state index is 13.0. The van der Waals surface area contributed by atoms with Crippen LogP contribution in [-0.4, -0.2) is 13.1 Å². The molecule has 1 nitrogen and oxygen atoms in total. The van der Waals surface area contributed by atoms with Gasteiger partial charge in [-0.05, 0) is 61.5 Å². The molecule has 0 aliphatic carbocycles. The van der Waals surface area contributed by atoms with E-state index in [9.17, 15) is 4.39 Å².